The Labute approximate surface area is 187 Å². The van der Waals surface area contributed by atoms with E-state index in [1.54, 1.807) is 30.3 Å². The summed E-state index contributed by atoms with van der Waals surface area (Å²) in [5.74, 6) is 0.353. The molecule has 0 spiro atoms. The van der Waals surface area contributed by atoms with Gasteiger partial charge in [0.1, 0.15) is 17.2 Å². The molecule has 4 rings (SSSR count). The molecule has 4 aromatic rings. The van der Waals surface area contributed by atoms with E-state index in [-0.39, 0.29) is 11.3 Å². The minimum absolute atomic E-state index is 0.0617. The summed E-state index contributed by atoms with van der Waals surface area (Å²) in [6, 6.07) is 20.3. The number of hydrogen-bond donors (Lipinski definition) is 2. The zero-order chi connectivity index (χ0) is 21.3. The second-order valence-corrected chi connectivity index (χ2v) is 7.70. The number of carbonyl (C=O) groups excluding carboxylic acids is 1. The molecule has 0 saturated heterocycles. The highest BCUT2D eigenvalue weighted by atomic mass is 35.5. The maximum Gasteiger partial charge on any atom is 0.259 e. The van der Waals surface area contributed by atoms with Gasteiger partial charge in [-0.2, -0.15) is 0 Å². The molecular formula is C23H14Cl3NO3. The van der Waals surface area contributed by atoms with E-state index in [1.165, 1.54) is 18.2 Å². The van der Waals surface area contributed by atoms with E-state index in [1.807, 2.05) is 24.3 Å². The Morgan fingerprint density at radius 3 is 2.30 bits per heavy atom. The van der Waals surface area contributed by atoms with Gasteiger partial charge in [-0.15, -0.1) is 0 Å². The van der Waals surface area contributed by atoms with Gasteiger partial charge in [-0.05, 0) is 48.5 Å². The molecule has 0 aliphatic carbocycles. The van der Waals surface area contributed by atoms with Crippen LogP contribution in [0.25, 0.3) is 10.8 Å². The standard InChI is InChI=1S/C23H14Cl3NO3/c24-13-5-8-20(28)17(11-13)23(29)27-14-6-9-22(19(26)12-14)30-21-10-7-18(25)15-3-1-2-4-16(15)21/h1-12,28H,(H,27,29). The van der Waals surface area contributed by atoms with Crippen LogP contribution in [0.5, 0.6) is 17.2 Å². The van der Waals surface area contributed by atoms with Gasteiger partial charge in [-0.3, -0.25) is 4.79 Å². The fourth-order valence-corrected chi connectivity index (χ4v) is 3.61. The van der Waals surface area contributed by atoms with Gasteiger partial charge < -0.3 is 15.2 Å². The summed E-state index contributed by atoms with van der Waals surface area (Å²) in [7, 11) is 0. The molecule has 0 saturated carbocycles. The summed E-state index contributed by atoms with van der Waals surface area (Å²) in [6.45, 7) is 0. The van der Waals surface area contributed by atoms with Crippen molar-refractivity contribution in [3.63, 3.8) is 0 Å². The summed E-state index contributed by atoms with van der Waals surface area (Å²) in [5, 5.41) is 15.6. The number of hydrogen-bond acceptors (Lipinski definition) is 3. The highest BCUT2D eigenvalue weighted by molar-refractivity contribution is 6.36. The lowest BCUT2D eigenvalue weighted by Crippen LogP contribution is -2.12. The largest absolute Gasteiger partial charge is 0.507 e. The minimum Gasteiger partial charge on any atom is -0.507 e. The molecule has 0 radical (unpaired) electrons. The van der Waals surface area contributed by atoms with Crippen LogP contribution in [-0.4, -0.2) is 11.0 Å². The Morgan fingerprint density at radius 1 is 0.800 bits per heavy atom. The topological polar surface area (TPSA) is 58.6 Å². The fraction of sp³-hybridized carbons (Fsp3) is 0. The summed E-state index contributed by atoms with van der Waals surface area (Å²) in [4.78, 5) is 12.4. The highest BCUT2D eigenvalue weighted by Crippen LogP contribution is 2.37. The first-order valence-corrected chi connectivity index (χ1v) is 10.0. The number of aromatic hydroxyl groups is 1. The van der Waals surface area contributed by atoms with E-state index >= 15 is 0 Å². The summed E-state index contributed by atoms with van der Waals surface area (Å²) in [5.41, 5.74) is 0.504. The number of benzene rings is 4. The molecule has 4 aromatic carbocycles. The Bertz CT molecular complexity index is 1270. The van der Waals surface area contributed by atoms with E-state index in [0.717, 1.165) is 10.8 Å². The molecule has 0 unspecified atom stereocenters. The van der Waals surface area contributed by atoms with Gasteiger partial charge in [-0.1, -0.05) is 59.1 Å². The lowest BCUT2D eigenvalue weighted by Gasteiger charge is -2.13. The fourth-order valence-electron chi connectivity index (χ4n) is 2.99. The van der Waals surface area contributed by atoms with Crippen LogP contribution >= 0.6 is 34.8 Å². The first kappa shape index (κ1) is 20.4. The van der Waals surface area contributed by atoms with Crippen molar-refractivity contribution in [1.29, 1.82) is 0 Å². The molecule has 0 atom stereocenters. The molecule has 150 valence electrons. The van der Waals surface area contributed by atoms with E-state index in [9.17, 15) is 9.90 Å². The summed E-state index contributed by atoms with van der Waals surface area (Å²) >= 11 is 18.5. The van der Waals surface area contributed by atoms with Gasteiger partial charge in [0.05, 0.1) is 10.6 Å². The van der Waals surface area contributed by atoms with E-state index in [4.69, 9.17) is 39.5 Å². The van der Waals surface area contributed by atoms with Crippen LogP contribution in [0.3, 0.4) is 0 Å². The van der Waals surface area contributed by atoms with E-state index in [0.29, 0.717) is 32.3 Å². The molecule has 0 fully saturated rings. The molecule has 30 heavy (non-hydrogen) atoms. The number of fused-ring (bicyclic) bond motifs is 1. The van der Waals surface area contributed by atoms with Crippen LogP contribution in [-0.2, 0) is 0 Å². The maximum atomic E-state index is 12.4. The van der Waals surface area contributed by atoms with E-state index in [2.05, 4.69) is 5.32 Å². The van der Waals surface area contributed by atoms with Crippen molar-refractivity contribution in [3.8, 4) is 17.2 Å². The highest BCUT2D eigenvalue weighted by Gasteiger charge is 2.14. The maximum absolute atomic E-state index is 12.4. The first-order valence-electron chi connectivity index (χ1n) is 8.87. The van der Waals surface area contributed by atoms with Crippen LogP contribution in [0.1, 0.15) is 10.4 Å². The number of phenols is 1. The molecule has 0 bridgehead atoms. The van der Waals surface area contributed by atoms with Crippen LogP contribution in [0.15, 0.2) is 72.8 Å². The normalized spacial score (nSPS) is 10.8. The van der Waals surface area contributed by atoms with Gasteiger partial charge >= 0.3 is 0 Å². The molecule has 2 N–H and O–H groups in total. The van der Waals surface area contributed by atoms with Crippen LogP contribution < -0.4 is 10.1 Å². The van der Waals surface area contributed by atoms with Crippen molar-refractivity contribution in [3.05, 3.63) is 93.4 Å². The predicted molar refractivity (Wildman–Crippen MR) is 122 cm³/mol. The molecule has 0 heterocycles. The lowest BCUT2D eigenvalue weighted by atomic mass is 10.1. The third-order valence-electron chi connectivity index (χ3n) is 4.44. The van der Waals surface area contributed by atoms with Crippen LogP contribution in [0, 0.1) is 0 Å². The van der Waals surface area contributed by atoms with Gasteiger partial charge in [0.25, 0.3) is 5.91 Å². The second kappa shape index (κ2) is 8.44. The Kier molecular flexibility index (Phi) is 5.73. The monoisotopic (exact) mass is 457 g/mol. The van der Waals surface area contributed by atoms with Crippen LogP contribution in [0.4, 0.5) is 5.69 Å². The molecule has 0 aromatic heterocycles. The smallest absolute Gasteiger partial charge is 0.259 e. The van der Waals surface area contributed by atoms with Crippen LogP contribution in [0.2, 0.25) is 15.1 Å². The number of carbonyl (C=O) groups is 1. The molecule has 4 nitrogen and oxygen atoms in total. The number of amides is 1. The molecule has 1 amide bonds. The Morgan fingerprint density at radius 2 is 1.53 bits per heavy atom. The number of phenolic OH excluding ortho intramolecular Hbond substituents is 1. The number of halogens is 3. The average Bonchev–Trinajstić information content (AvgIpc) is 2.73. The zero-order valence-corrected chi connectivity index (χ0v) is 17.6. The summed E-state index contributed by atoms with van der Waals surface area (Å²) in [6.07, 6.45) is 0. The number of nitrogens with one attached hydrogen (secondary N) is 1. The molecule has 7 heteroatoms. The zero-order valence-electron chi connectivity index (χ0n) is 15.3. The Balaban J connectivity index is 1.58. The Hall–Kier alpha value is -2.92. The van der Waals surface area contributed by atoms with Crippen molar-refractivity contribution in [2.75, 3.05) is 5.32 Å². The molecule has 0 aliphatic rings. The van der Waals surface area contributed by atoms with Crippen molar-refractivity contribution in [2.45, 2.75) is 0 Å². The van der Waals surface area contributed by atoms with Gasteiger partial charge in [0, 0.05) is 26.5 Å². The number of rotatable bonds is 4. The van der Waals surface area contributed by atoms with Gasteiger partial charge in [0.2, 0.25) is 0 Å². The van der Waals surface area contributed by atoms with Crippen molar-refractivity contribution < 1.29 is 14.6 Å². The van der Waals surface area contributed by atoms with Gasteiger partial charge in [0.15, 0.2) is 0 Å². The SMILES string of the molecule is O=C(Nc1ccc(Oc2ccc(Cl)c3ccccc23)c(Cl)c1)c1cc(Cl)ccc1O. The van der Waals surface area contributed by atoms with Crippen molar-refractivity contribution in [1.82, 2.24) is 0 Å². The third-order valence-corrected chi connectivity index (χ3v) is 5.30. The summed E-state index contributed by atoms with van der Waals surface area (Å²) < 4.78 is 6.00. The average molecular weight is 459 g/mol. The minimum atomic E-state index is -0.511. The number of anilines is 1. The molecule has 0 aliphatic heterocycles. The van der Waals surface area contributed by atoms with Crippen molar-refractivity contribution >= 4 is 57.2 Å². The van der Waals surface area contributed by atoms with E-state index < -0.39 is 5.91 Å². The van der Waals surface area contributed by atoms with Crippen molar-refractivity contribution in [2.24, 2.45) is 0 Å². The van der Waals surface area contributed by atoms with Gasteiger partial charge in [-0.25, -0.2) is 0 Å². The number of ether oxygens (including phenoxy) is 1. The second-order valence-electron chi connectivity index (χ2n) is 6.45. The lowest BCUT2D eigenvalue weighted by molar-refractivity contribution is 0.102. The third kappa shape index (κ3) is 4.17. The molecular weight excluding hydrogens is 445 g/mol. The first-order chi connectivity index (χ1) is 14.4. The predicted octanol–water partition coefficient (Wildman–Crippen LogP) is 7.55. The quantitative estimate of drug-likeness (QED) is 0.332.